The Hall–Kier alpha value is -5.26. The van der Waals surface area contributed by atoms with Crippen LogP contribution in [0.5, 0.6) is 0 Å². The van der Waals surface area contributed by atoms with Crippen molar-refractivity contribution in [3.63, 3.8) is 0 Å². The van der Waals surface area contributed by atoms with E-state index in [4.69, 9.17) is 4.42 Å². The van der Waals surface area contributed by atoms with Gasteiger partial charge >= 0.3 is 0 Å². The predicted molar refractivity (Wildman–Crippen MR) is 328 cm³/mol. The van der Waals surface area contributed by atoms with Crippen molar-refractivity contribution in [3.8, 4) is 11.1 Å². The van der Waals surface area contributed by atoms with E-state index in [1.54, 1.807) is 0 Å². The van der Waals surface area contributed by atoms with Gasteiger partial charge in [0, 0.05) is 33.7 Å². The van der Waals surface area contributed by atoms with Crippen LogP contribution < -0.4 is 31.6 Å². The zero-order chi connectivity index (χ0) is 53.7. The lowest BCUT2D eigenvalue weighted by Crippen LogP contribution is -2.61. The Kier molecular flexibility index (Phi) is 10.7. The molecule has 75 heavy (non-hydrogen) atoms. The third-order valence-electron chi connectivity index (χ3n) is 20.0. The number of rotatable bonds is 4. The Morgan fingerprint density at radius 1 is 0.493 bits per heavy atom. The SMILES string of the molecule is Cc1cc2c3c(c1)N(c1ccc([Si](C)(C)C)cc1-c1ccc(C(C)(C)C)cc1)c1c(oc4cc5c(cc14)C(C)(C)CCC5(C)C)B3c1cc3c(cc1N2c1ccc2c(c1)C(C)(C)CCC2(C)C)C(C)(C)CCC3(C)C. The summed E-state index contributed by atoms with van der Waals surface area (Å²) in [5, 5.41) is 2.68. The molecular weight excluding hydrogens is 924 g/mol. The van der Waals surface area contributed by atoms with Gasteiger partial charge < -0.3 is 14.2 Å². The molecule has 0 fully saturated rings. The molecule has 5 heteroatoms. The smallest absolute Gasteiger partial charge is 0.297 e. The van der Waals surface area contributed by atoms with Crippen LogP contribution in [0.25, 0.3) is 22.1 Å². The molecule has 5 aliphatic rings. The highest BCUT2D eigenvalue weighted by atomic mass is 28.3. The van der Waals surface area contributed by atoms with Gasteiger partial charge in [-0.1, -0.05) is 177 Å². The average molecular weight is 1010 g/mol. The number of benzene rings is 6. The predicted octanol–water partition coefficient (Wildman–Crippen LogP) is 17.4. The van der Waals surface area contributed by atoms with E-state index in [-0.39, 0.29) is 44.6 Å². The highest BCUT2D eigenvalue weighted by molar-refractivity contribution is 7.00. The minimum atomic E-state index is -1.75. The van der Waals surface area contributed by atoms with Crippen molar-refractivity contribution in [2.45, 2.75) is 207 Å². The Balaban J connectivity index is 1.23. The summed E-state index contributed by atoms with van der Waals surface area (Å²) in [7, 11) is -1.75. The van der Waals surface area contributed by atoms with Crippen LogP contribution >= 0.6 is 0 Å². The lowest BCUT2D eigenvalue weighted by Gasteiger charge is -2.47. The molecule has 2 aliphatic heterocycles. The van der Waals surface area contributed by atoms with Crippen molar-refractivity contribution in [2.75, 3.05) is 9.80 Å². The molecular formula is C70H85BN2OSi. The maximum Gasteiger partial charge on any atom is 0.297 e. The van der Waals surface area contributed by atoms with Crippen molar-refractivity contribution in [1.29, 1.82) is 0 Å². The van der Waals surface area contributed by atoms with E-state index in [1.807, 2.05) is 0 Å². The number of hydrogen-bond acceptors (Lipinski definition) is 3. The molecule has 3 aliphatic carbocycles. The van der Waals surface area contributed by atoms with Crippen LogP contribution in [0.4, 0.5) is 34.1 Å². The fraction of sp³-hybridized carbons (Fsp3) is 0.457. The van der Waals surface area contributed by atoms with E-state index in [9.17, 15) is 0 Å². The summed E-state index contributed by atoms with van der Waals surface area (Å²) in [6, 6.07) is 40.0. The van der Waals surface area contributed by atoms with Gasteiger partial charge in [0.25, 0.3) is 6.71 Å². The summed E-state index contributed by atoms with van der Waals surface area (Å²) in [4.78, 5) is 5.38. The maximum atomic E-state index is 7.83. The quantitative estimate of drug-likeness (QED) is 0.164. The molecule has 0 spiro atoms. The number of fused-ring (bicyclic) bond motifs is 9. The Morgan fingerprint density at radius 3 is 1.56 bits per heavy atom. The molecule has 1 aromatic heterocycles. The molecule has 6 aromatic carbocycles. The van der Waals surface area contributed by atoms with Crippen LogP contribution in [-0.2, 0) is 37.9 Å². The number of nitrogens with zero attached hydrogens (tertiary/aromatic N) is 2. The Morgan fingerprint density at radius 2 is 1.00 bits per heavy atom. The van der Waals surface area contributed by atoms with Gasteiger partial charge in [-0.15, -0.1) is 0 Å². The molecule has 0 bridgehead atoms. The monoisotopic (exact) mass is 1010 g/mol. The topological polar surface area (TPSA) is 19.6 Å². The van der Waals surface area contributed by atoms with Gasteiger partial charge in [0.05, 0.1) is 25.1 Å². The zero-order valence-electron chi connectivity index (χ0n) is 49.4. The lowest BCUT2D eigenvalue weighted by molar-refractivity contribution is 0.332. The molecule has 0 N–H and O–H groups in total. The second-order valence-electron chi connectivity index (χ2n) is 30.3. The van der Waals surface area contributed by atoms with Crippen LogP contribution in [-0.4, -0.2) is 14.8 Å². The Bertz CT molecular complexity index is 3550. The van der Waals surface area contributed by atoms with E-state index in [1.165, 1.54) is 124 Å². The van der Waals surface area contributed by atoms with Crippen LogP contribution in [0.1, 0.15) is 187 Å². The zero-order valence-corrected chi connectivity index (χ0v) is 50.4. The lowest BCUT2D eigenvalue weighted by atomic mass is 9.35. The molecule has 388 valence electrons. The number of furan rings is 1. The van der Waals surface area contributed by atoms with Gasteiger partial charge in [0.1, 0.15) is 5.58 Å². The van der Waals surface area contributed by atoms with Crippen LogP contribution in [0, 0.1) is 6.92 Å². The first-order valence-corrected chi connectivity index (χ1v) is 32.2. The van der Waals surface area contributed by atoms with Gasteiger partial charge in [-0.25, -0.2) is 0 Å². The second kappa shape index (κ2) is 15.9. The largest absolute Gasteiger partial charge is 0.468 e. The van der Waals surface area contributed by atoms with E-state index in [0.29, 0.717) is 0 Å². The minimum absolute atomic E-state index is 0.0196. The summed E-state index contributed by atoms with van der Waals surface area (Å²) in [6.45, 7) is 46.3. The van der Waals surface area contributed by atoms with Gasteiger partial charge in [0.2, 0.25) is 0 Å². The van der Waals surface area contributed by atoms with Crippen LogP contribution in [0.3, 0.4) is 0 Å². The first kappa shape index (κ1) is 50.6. The average Bonchev–Trinajstić information content (AvgIpc) is 3.77. The van der Waals surface area contributed by atoms with Crippen molar-refractivity contribution in [3.05, 3.63) is 142 Å². The van der Waals surface area contributed by atoms with Gasteiger partial charge in [-0.3, -0.25) is 0 Å². The summed E-state index contributed by atoms with van der Waals surface area (Å²) in [6.07, 6.45) is 6.99. The first-order valence-electron chi connectivity index (χ1n) is 28.7. The van der Waals surface area contributed by atoms with Crippen LogP contribution in [0.15, 0.2) is 101 Å². The molecule has 0 saturated carbocycles. The summed E-state index contributed by atoms with van der Waals surface area (Å²) < 4.78 is 7.83. The summed E-state index contributed by atoms with van der Waals surface area (Å²) >= 11 is 0. The fourth-order valence-corrected chi connectivity index (χ4v) is 15.7. The molecule has 0 saturated heterocycles. The van der Waals surface area contributed by atoms with Crippen molar-refractivity contribution >= 4 is 81.7 Å². The Labute approximate surface area is 453 Å². The van der Waals surface area contributed by atoms with E-state index in [0.717, 1.165) is 36.9 Å². The fourth-order valence-electron chi connectivity index (χ4n) is 14.6. The highest BCUT2D eigenvalue weighted by Gasteiger charge is 2.50. The molecule has 12 rings (SSSR count). The number of hydrogen-bond donors (Lipinski definition) is 0. The highest BCUT2D eigenvalue weighted by Crippen LogP contribution is 2.55. The van der Waals surface area contributed by atoms with Crippen molar-refractivity contribution in [2.24, 2.45) is 0 Å². The molecule has 7 aromatic rings. The van der Waals surface area contributed by atoms with Crippen LogP contribution in [0.2, 0.25) is 19.6 Å². The van der Waals surface area contributed by atoms with Crippen molar-refractivity contribution < 1.29 is 4.42 Å². The van der Waals surface area contributed by atoms with E-state index >= 15 is 0 Å². The summed E-state index contributed by atoms with van der Waals surface area (Å²) in [5.74, 6) is 0. The van der Waals surface area contributed by atoms with E-state index in [2.05, 4.69) is 237 Å². The maximum absolute atomic E-state index is 7.83. The second-order valence-corrected chi connectivity index (χ2v) is 35.4. The number of aryl methyl sites for hydroxylation is 1. The molecule has 3 heterocycles. The number of anilines is 6. The van der Waals surface area contributed by atoms with Crippen molar-refractivity contribution in [1.82, 2.24) is 0 Å². The van der Waals surface area contributed by atoms with Gasteiger partial charge in [-0.05, 0) is 193 Å². The minimum Gasteiger partial charge on any atom is -0.468 e. The third-order valence-corrected chi connectivity index (χ3v) is 22.1. The van der Waals surface area contributed by atoms with Gasteiger partial charge in [0.15, 0.2) is 0 Å². The molecule has 3 nitrogen and oxygen atoms in total. The molecule has 0 unspecified atom stereocenters. The first-order chi connectivity index (χ1) is 34.8. The molecule has 0 atom stereocenters. The molecule has 0 radical (unpaired) electrons. The standard InChI is InChI=1S/C70H85BN2OSi/c1-42-34-58-61-59(35-42)73(56-27-25-46(75(17,18)19)37-47(56)43-20-22-44(23-21-43)64(2,3)4)62-48-38-51-54(70(15,16)33-30-67(51,9)10)41-60(48)74-63(62)71(61)55-39-52-53(69(13,14)32-31-68(52,11)12)40-57(55)72(58)45-24-26-49-50(36-45)66(7,8)29-28-65(49,5)6/h20-27,34-41H,28-33H2,1-19H3. The normalized spacial score (nSPS) is 20.2. The molecule has 0 amide bonds. The van der Waals surface area contributed by atoms with E-state index < -0.39 is 8.07 Å². The summed E-state index contributed by atoms with van der Waals surface area (Å²) in [5.41, 5.74) is 26.5. The third kappa shape index (κ3) is 7.68. The van der Waals surface area contributed by atoms with Gasteiger partial charge in [-0.2, -0.15) is 0 Å².